The van der Waals surface area contributed by atoms with Crippen molar-refractivity contribution in [2.45, 2.75) is 30.7 Å². The Hall–Kier alpha value is -5.11. The molecular formula is C48H32BrCl2NO4. The molecule has 4 aliphatic rings. The Balaban J connectivity index is 1.33. The van der Waals surface area contributed by atoms with Gasteiger partial charge in [-0.15, -0.1) is 0 Å². The highest BCUT2D eigenvalue weighted by Gasteiger charge is 2.72. The largest absolute Gasteiger partial charge is 0.474 e. The third-order valence-electron chi connectivity index (χ3n) is 12.2. The second-order valence-corrected chi connectivity index (χ2v) is 16.7. The predicted octanol–water partition coefficient (Wildman–Crippen LogP) is 11.5. The smallest absolute Gasteiger partial charge is 0.194 e. The maximum atomic E-state index is 15.9. The van der Waals surface area contributed by atoms with Gasteiger partial charge >= 0.3 is 0 Å². The van der Waals surface area contributed by atoms with Crippen molar-refractivity contribution in [3.05, 3.63) is 216 Å². The normalized spacial score (nSPS) is 23.4. The van der Waals surface area contributed by atoms with Gasteiger partial charge in [0.2, 0.25) is 0 Å². The minimum atomic E-state index is -1.68. The van der Waals surface area contributed by atoms with Crippen LogP contribution in [0.5, 0.6) is 0 Å². The first-order chi connectivity index (χ1) is 27.3. The fraction of sp³-hybridized carbons (Fsp3) is 0.146. The molecule has 0 N–H and O–H groups in total. The second kappa shape index (κ2) is 13.5. The quantitative estimate of drug-likeness (QED) is 0.162. The van der Waals surface area contributed by atoms with Gasteiger partial charge in [-0.2, -0.15) is 0 Å². The maximum absolute atomic E-state index is 15.9. The summed E-state index contributed by atoms with van der Waals surface area (Å²) in [5, 5.41) is 1.10. The Morgan fingerprint density at radius 2 is 1.12 bits per heavy atom. The SMILES string of the molecule is O=C1C2=C(O[C@@H]3[C@@H]([C@@H](c4ccccc4)C4(C(=O)c5ccccc5C4=O)[C@@H](c4ccc(Cl)cc4)N3Cc3ccc(Br)cc3)[C@@H]2c2ccc(Cl)cc2)c2ccccc21. The number of ketones is 3. The van der Waals surface area contributed by atoms with E-state index in [1.165, 1.54) is 0 Å². The van der Waals surface area contributed by atoms with Crippen LogP contribution < -0.4 is 0 Å². The maximum Gasteiger partial charge on any atom is 0.194 e. The fourth-order valence-corrected chi connectivity index (χ4v) is 10.5. The third-order valence-corrected chi connectivity index (χ3v) is 13.2. The van der Waals surface area contributed by atoms with Gasteiger partial charge in [-0.05, 0) is 58.7 Å². The number of nitrogens with zero attached hydrogens (tertiary/aromatic N) is 1. The number of fused-ring (bicyclic) bond motifs is 4. The van der Waals surface area contributed by atoms with Gasteiger partial charge < -0.3 is 4.74 Å². The topological polar surface area (TPSA) is 63.7 Å². The van der Waals surface area contributed by atoms with E-state index in [4.69, 9.17) is 27.9 Å². The van der Waals surface area contributed by atoms with Gasteiger partial charge in [0, 0.05) is 61.1 Å². The van der Waals surface area contributed by atoms with Crippen molar-refractivity contribution in [2.75, 3.05) is 0 Å². The van der Waals surface area contributed by atoms with Gasteiger partial charge in [0.05, 0.1) is 11.6 Å². The van der Waals surface area contributed by atoms with Crippen molar-refractivity contribution in [2.24, 2.45) is 11.3 Å². The minimum Gasteiger partial charge on any atom is -0.474 e. The average molecular weight is 838 g/mol. The average Bonchev–Trinajstić information content (AvgIpc) is 3.63. The number of rotatable bonds is 5. The molecular weight excluding hydrogens is 805 g/mol. The zero-order valence-electron chi connectivity index (χ0n) is 29.7. The summed E-state index contributed by atoms with van der Waals surface area (Å²) in [6, 6.07) is 46.9. The van der Waals surface area contributed by atoms with Crippen LogP contribution in [0.15, 0.2) is 162 Å². The van der Waals surface area contributed by atoms with E-state index in [0.717, 1.165) is 32.3 Å². The zero-order chi connectivity index (χ0) is 38.3. The Labute approximate surface area is 342 Å². The highest BCUT2D eigenvalue weighted by atomic mass is 79.9. The lowest BCUT2D eigenvalue weighted by Gasteiger charge is -2.60. The highest BCUT2D eigenvalue weighted by Crippen LogP contribution is 2.68. The van der Waals surface area contributed by atoms with Crippen LogP contribution in [0.4, 0.5) is 0 Å². The van der Waals surface area contributed by atoms with Gasteiger partial charge in [-0.3, -0.25) is 19.3 Å². The molecule has 2 aliphatic heterocycles. The van der Waals surface area contributed by atoms with E-state index in [1.54, 1.807) is 12.1 Å². The van der Waals surface area contributed by atoms with Gasteiger partial charge in [0.15, 0.2) is 23.6 Å². The molecule has 1 fully saturated rings. The van der Waals surface area contributed by atoms with Crippen LogP contribution >= 0.6 is 39.1 Å². The molecule has 274 valence electrons. The molecule has 1 saturated heterocycles. The number of benzene rings is 6. The third kappa shape index (κ3) is 5.20. The van der Waals surface area contributed by atoms with Crippen molar-refractivity contribution < 1.29 is 19.1 Å². The van der Waals surface area contributed by atoms with Crippen molar-refractivity contribution >= 4 is 62.2 Å². The molecule has 5 nitrogen and oxygen atoms in total. The van der Waals surface area contributed by atoms with Crippen LogP contribution in [-0.4, -0.2) is 28.5 Å². The highest BCUT2D eigenvalue weighted by molar-refractivity contribution is 9.10. The molecule has 0 radical (unpaired) electrons. The van der Waals surface area contributed by atoms with Crippen molar-refractivity contribution in [3.8, 4) is 0 Å². The molecule has 0 aromatic heterocycles. The van der Waals surface area contributed by atoms with Gasteiger partial charge in [-0.25, -0.2) is 0 Å². The van der Waals surface area contributed by atoms with Crippen LogP contribution in [0, 0.1) is 11.3 Å². The summed E-state index contributed by atoms with van der Waals surface area (Å²) in [4.78, 5) is 48.8. The monoisotopic (exact) mass is 835 g/mol. The number of allylic oxidation sites excluding steroid dienone is 1. The van der Waals surface area contributed by atoms with E-state index in [2.05, 4.69) is 20.8 Å². The number of carbonyl (C=O) groups is 3. The number of likely N-dealkylation sites (tertiary alicyclic amines) is 1. The number of carbonyl (C=O) groups excluding carboxylic acids is 3. The Bertz CT molecular complexity index is 2570. The number of hydrogen-bond acceptors (Lipinski definition) is 5. The zero-order valence-corrected chi connectivity index (χ0v) is 32.8. The molecule has 2 aliphatic carbocycles. The minimum absolute atomic E-state index is 0.124. The lowest BCUT2D eigenvalue weighted by molar-refractivity contribution is -0.151. The molecule has 0 saturated carbocycles. The first-order valence-corrected chi connectivity index (χ1v) is 20.1. The molecule has 6 aromatic carbocycles. The molecule has 2 heterocycles. The van der Waals surface area contributed by atoms with Gasteiger partial charge in [0.1, 0.15) is 11.2 Å². The summed E-state index contributed by atoms with van der Waals surface area (Å²) in [7, 11) is 0. The van der Waals surface area contributed by atoms with E-state index in [-0.39, 0.29) is 17.3 Å². The number of ether oxygens (including phenoxy) is 1. The number of Topliss-reactive ketones (excluding diaryl/α,β-unsaturated/α-hetero) is 3. The van der Waals surface area contributed by atoms with Crippen LogP contribution in [0.3, 0.4) is 0 Å². The van der Waals surface area contributed by atoms with Crippen molar-refractivity contribution in [1.29, 1.82) is 0 Å². The Kier molecular flexibility index (Phi) is 8.53. The molecule has 6 aromatic rings. The lowest BCUT2D eigenvalue weighted by atomic mass is 9.51. The summed E-state index contributed by atoms with van der Waals surface area (Å²) >= 11 is 16.7. The summed E-state index contributed by atoms with van der Waals surface area (Å²) in [6.45, 7) is 0.327. The van der Waals surface area contributed by atoms with Crippen LogP contribution in [0.2, 0.25) is 10.0 Å². The van der Waals surface area contributed by atoms with Crippen LogP contribution in [0.25, 0.3) is 5.76 Å². The number of piperidine rings is 1. The van der Waals surface area contributed by atoms with E-state index in [0.29, 0.717) is 44.6 Å². The number of halogens is 3. The first kappa shape index (κ1) is 35.3. The van der Waals surface area contributed by atoms with Crippen LogP contribution in [0.1, 0.15) is 76.8 Å². The summed E-state index contributed by atoms with van der Waals surface area (Å²) in [5.41, 5.74) is 4.30. The van der Waals surface area contributed by atoms with Gasteiger partial charge in [-0.1, -0.05) is 154 Å². The summed E-state index contributed by atoms with van der Waals surface area (Å²) in [5.74, 6) is -2.06. The standard InChI is InChI=1S/C48H32BrCl2NO4/c49-31-20-14-27(15-21-31)26-52-44(30-18-24-33(51)25-19-30)48(45(54)36-12-6-7-13-37(36)46(48)55)41(29-8-2-1-3-9-29)39-38(28-16-22-32(50)23-17-28)40-42(53)34-10-4-5-11-35(34)43(40)56-47(39)52/h1-25,38-39,41,44,47H,26H2/t38-,39+,41+,44+,47+/m0/s1. The van der Waals surface area contributed by atoms with Crippen molar-refractivity contribution in [3.63, 3.8) is 0 Å². The summed E-state index contributed by atoms with van der Waals surface area (Å²) < 4.78 is 8.30. The first-order valence-electron chi connectivity index (χ1n) is 18.6. The van der Waals surface area contributed by atoms with E-state index in [1.807, 2.05) is 140 Å². The van der Waals surface area contributed by atoms with Crippen molar-refractivity contribution in [1.82, 2.24) is 4.90 Å². The molecule has 8 heteroatoms. The summed E-state index contributed by atoms with van der Waals surface area (Å²) in [6.07, 6.45) is -0.724. The fourth-order valence-electron chi connectivity index (χ4n) is 10.0. The predicted molar refractivity (Wildman–Crippen MR) is 221 cm³/mol. The number of hydrogen-bond donors (Lipinski definition) is 0. The lowest BCUT2D eigenvalue weighted by Crippen LogP contribution is -2.65. The van der Waals surface area contributed by atoms with Gasteiger partial charge in [0.25, 0.3) is 0 Å². The molecule has 1 spiro atoms. The molecule has 5 atom stereocenters. The van der Waals surface area contributed by atoms with E-state index >= 15 is 9.59 Å². The second-order valence-electron chi connectivity index (χ2n) is 14.9. The Morgan fingerprint density at radius 3 is 1.73 bits per heavy atom. The van der Waals surface area contributed by atoms with Crippen LogP contribution in [-0.2, 0) is 11.3 Å². The molecule has 0 unspecified atom stereocenters. The van der Waals surface area contributed by atoms with E-state index in [9.17, 15) is 4.79 Å². The van der Waals surface area contributed by atoms with E-state index < -0.39 is 35.4 Å². The molecule has 0 amide bonds. The molecule has 10 rings (SSSR count). The molecule has 0 bridgehead atoms. The Morgan fingerprint density at radius 1 is 0.589 bits per heavy atom. The molecule has 56 heavy (non-hydrogen) atoms.